The van der Waals surface area contributed by atoms with Gasteiger partial charge in [-0.15, -0.1) is 0 Å². The highest BCUT2D eigenvalue weighted by atomic mass is 16.5. The van der Waals surface area contributed by atoms with Crippen LogP contribution in [0.1, 0.15) is 43.0 Å². The van der Waals surface area contributed by atoms with E-state index in [1.54, 1.807) is 51.3 Å². The molecule has 1 amide bonds. The van der Waals surface area contributed by atoms with Crippen molar-refractivity contribution >= 4 is 17.4 Å². The van der Waals surface area contributed by atoms with Gasteiger partial charge in [0.1, 0.15) is 11.5 Å². The number of ether oxygens (including phenoxy) is 2. The number of rotatable bonds is 7. The number of amides is 1. The Morgan fingerprint density at radius 2 is 1.87 bits per heavy atom. The van der Waals surface area contributed by atoms with Crippen molar-refractivity contribution in [3.8, 4) is 17.2 Å². The second-order valence-electron chi connectivity index (χ2n) is 7.33. The van der Waals surface area contributed by atoms with Crippen LogP contribution in [0.3, 0.4) is 0 Å². The molecule has 0 saturated carbocycles. The maximum Gasteiger partial charge on any atom is 0.295 e. The summed E-state index contributed by atoms with van der Waals surface area (Å²) in [6.45, 7) is 6.19. The van der Waals surface area contributed by atoms with Gasteiger partial charge < -0.3 is 24.6 Å². The lowest BCUT2D eigenvalue weighted by molar-refractivity contribution is -0.139. The second kappa shape index (κ2) is 9.12. The van der Waals surface area contributed by atoms with Crippen molar-refractivity contribution in [2.45, 2.75) is 33.2 Å². The van der Waals surface area contributed by atoms with Crippen LogP contribution in [-0.4, -0.2) is 47.1 Å². The molecule has 7 heteroatoms. The Morgan fingerprint density at radius 3 is 2.48 bits per heavy atom. The summed E-state index contributed by atoms with van der Waals surface area (Å²) in [5.74, 6) is -0.806. The normalized spacial score (nSPS) is 17.8. The van der Waals surface area contributed by atoms with E-state index in [1.165, 1.54) is 11.0 Å². The number of aryl methyl sites for hydroxylation is 1. The lowest BCUT2D eigenvalue weighted by atomic mass is 9.93. The highest BCUT2D eigenvalue weighted by Gasteiger charge is 2.46. The molecule has 1 atom stereocenters. The van der Waals surface area contributed by atoms with E-state index in [2.05, 4.69) is 0 Å². The Bertz CT molecular complexity index is 1040. The number of phenols is 1. The number of carbonyl (C=O) groups is 2. The largest absolute Gasteiger partial charge is 0.507 e. The van der Waals surface area contributed by atoms with Crippen molar-refractivity contribution in [2.75, 3.05) is 20.3 Å². The van der Waals surface area contributed by atoms with Crippen LogP contribution in [0.15, 0.2) is 42.0 Å². The minimum Gasteiger partial charge on any atom is -0.507 e. The number of aliphatic hydroxyl groups is 1. The molecule has 31 heavy (non-hydrogen) atoms. The zero-order valence-electron chi connectivity index (χ0n) is 18.1. The Hall–Kier alpha value is -3.48. The average Bonchev–Trinajstić information content (AvgIpc) is 3.00. The van der Waals surface area contributed by atoms with Crippen molar-refractivity contribution in [2.24, 2.45) is 0 Å². The molecule has 0 aliphatic carbocycles. The number of benzene rings is 2. The molecule has 1 unspecified atom stereocenters. The molecule has 0 bridgehead atoms. The molecule has 1 fully saturated rings. The monoisotopic (exact) mass is 425 g/mol. The van der Waals surface area contributed by atoms with Gasteiger partial charge in [-0.2, -0.15) is 0 Å². The van der Waals surface area contributed by atoms with Gasteiger partial charge in [-0.3, -0.25) is 9.59 Å². The minimum atomic E-state index is -0.791. The lowest BCUT2D eigenvalue weighted by Gasteiger charge is -2.25. The number of aromatic hydroxyl groups is 1. The van der Waals surface area contributed by atoms with E-state index in [9.17, 15) is 19.8 Å². The summed E-state index contributed by atoms with van der Waals surface area (Å²) in [4.78, 5) is 27.3. The highest BCUT2D eigenvalue weighted by molar-refractivity contribution is 6.46. The maximum absolute atomic E-state index is 13.0. The smallest absolute Gasteiger partial charge is 0.295 e. The number of phenolic OH excluding ortho intramolecular Hbond substituents is 1. The van der Waals surface area contributed by atoms with Gasteiger partial charge >= 0.3 is 0 Å². The van der Waals surface area contributed by atoms with Gasteiger partial charge in [-0.05, 0) is 61.7 Å². The van der Waals surface area contributed by atoms with Crippen LogP contribution in [0.4, 0.5) is 0 Å². The predicted molar refractivity (Wildman–Crippen MR) is 116 cm³/mol. The first-order valence-electron chi connectivity index (χ1n) is 10.2. The SMILES string of the molecule is CCCN1C(=O)C(=O)/C(=C(/O)c2ccc(OC)cc2C)C1c1ccc(O)c(OCC)c1. The summed E-state index contributed by atoms with van der Waals surface area (Å²) < 4.78 is 10.7. The van der Waals surface area contributed by atoms with Gasteiger partial charge in [0, 0.05) is 12.1 Å². The first kappa shape index (κ1) is 22.2. The minimum absolute atomic E-state index is 0.0138. The van der Waals surface area contributed by atoms with E-state index in [-0.39, 0.29) is 22.8 Å². The van der Waals surface area contributed by atoms with Crippen LogP contribution >= 0.6 is 0 Å². The molecule has 0 spiro atoms. The Balaban J connectivity index is 2.21. The van der Waals surface area contributed by atoms with Crippen molar-refractivity contribution < 1.29 is 29.3 Å². The zero-order chi connectivity index (χ0) is 22.7. The zero-order valence-corrected chi connectivity index (χ0v) is 18.1. The first-order chi connectivity index (χ1) is 14.8. The molecule has 7 nitrogen and oxygen atoms in total. The van der Waals surface area contributed by atoms with E-state index in [1.807, 2.05) is 6.92 Å². The number of aliphatic hydroxyl groups excluding tert-OH is 1. The molecule has 0 radical (unpaired) electrons. The van der Waals surface area contributed by atoms with Crippen LogP contribution in [0.5, 0.6) is 17.2 Å². The van der Waals surface area contributed by atoms with Crippen LogP contribution in [0.25, 0.3) is 5.76 Å². The fourth-order valence-corrected chi connectivity index (χ4v) is 3.84. The second-order valence-corrected chi connectivity index (χ2v) is 7.33. The number of carbonyl (C=O) groups excluding carboxylic acids is 2. The van der Waals surface area contributed by atoms with Gasteiger partial charge in [0.05, 0.1) is 25.3 Å². The summed E-state index contributed by atoms with van der Waals surface area (Å²) in [6.07, 6.45) is 0.640. The molecule has 1 heterocycles. The third-order valence-corrected chi connectivity index (χ3v) is 5.29. The number of hydrogen-bond donors (Lipinski definition) is 2. The van der Waals surface area contributed by atoms with Gasteiger partial charge in [-0.25, -0.2) is 0 Å². The van der Waals surface area contributed by atoms with Crippen LogP contribution in [0.2, 0.25) is 0 Å². The van der Waals surface area contributed by atoms with E-state index in [4.69, 9.17) is 9.47 Å². The maximum atomic E-state index is 13.0. The van der Waals surface area contributed by atoms with Crippen molar-refractivity contribution in [1.82, 2.24) is 4.90 Å². The Labute approximate surface area is 181 Å². The van der Waals surface area contributed by atoms with Gasteiger partial charge in [0.15, 0.2) is 11.5 Å². The van der Waals surface area contributed by atoms with E-state index < -0.39 is 17.7 Å². The molecule has 3 rings (SSSR count). The van der Waals surface area contributed by atoms with E-state index in [0.29, 0.717) is 42.0 Å². The molecular formula is C24H27NO6. The van der Waals surface area contributed by atoms with Gasteiger partial charge in [0.2, 0.25) is 0 Å². The average molecular weight is 425 g/mol. The summed E-state index contributed by atoms with van der Waals surface area (Å²) in [7, 11) is 1.55. The molecule has 1 aliphatic heterocycles. The Morgan fingerprint density at radius 1 is 1.13 bits per heavy atom. The summed E-state index contributed by atoms with van der Waals surface area (Å²) in [5, 5.41) is 21.2. The van der Waals surface area contributed by atoms with Gasteiger partial charge in [0.25, 0.3) is 11.7 Å². The fraction of sp³-hybridized carbons (Fsp3) is 0.333. The molecular weight excluding hydrogens is 398 g/mol. The molecule has 164 valence electrons. The molecule has 2 aromatic carbocycles. The van der Waals surface area contributed by atoms with E-state index >= 15 is 0 Å². The summed E-state index contributed by atoms with van der Waals surface area (Å²) in [5.41, 5.74) is 1.74. The van der Waals surface area contributed by atoms with Gasteiger partial charge in [-0.1, -0.05) is 13.0 Å². The van der Waals surface area contributed by atoms with Crippen molar-refractivity contribution in [3.63, 3.8) is 0 Å². The standard InChI is InChI=1S/C24H27NO6/c1-5-11-25-21(15-7-10-18(26)19(13-15)31-6-2)20(23(28)24(25)29)22(27)17-9-8-16(30-4)12-14(17)3/h7-10,12-13,21,26-27H,5-6,11H2,1-4H3/b22-20+. The fourth-order valence-electron chi connectivity index (χ4n) is 3.84. The molecule has 1 aliphatic rings. The molecule has 2 aromatic rings. The molecule has 0 aromatic heterocycles. The summed E-state index contributed by atoms with van der Waals surface area (Å²) >= 11 is 0. The van der Waals surface area contributed by atoms with E-state index in [0.717, 1.165) is 0 Å². The first-order valence-corrected chi connectivity index (χ1v) is 10.2. The van der Waals surface area contributed by atoms with Crippen molar-refractivity contribution in [1.29, 1.82) is 0 Å². The third kappa shape index (κ3) is 4.08. The number of Topliss-reactive ketones (excluding diaryl/α,β-unsaturated/α-hetero) is 1. The van der Waals surface area contributed by atoms with Crippen LogP contribution in [-0.2, 0) is 9.59 Å². The lowest BCUT2D eigenvalue weighted by Crippen LogP contribution is -2.30. The third-order valence-electron chi connectivity index (χ3n) is 5.29. The number of likely N-dealkylation sites (tertiary alicyclic amines) is 1. The number of methoxy groups -OCH3 is 1. The van der Waals surface area contributed by atoms with Crippen LogP contribution < -0.4 is 9.47 Å². The quantitative estimate of drug-likeness (QED) is 0.396. The summed E-state index contributed by atoms with van der Waals surface area (Å²) in [6, 6.07) is 9.01. The topological polar surface area (TPSA) is 96.3 Å². The number of ketones is 1. The number of hydrogen-bond acceptors (Lipinski definition) is 6. The predicted octanol–water partition coefficient (Wildman–Crippen LogP) is 3.94. The molecule has 1 saturated heterocycles. The van der Waals surface area contributed by atoms with Crippen molar-refractivity contribution in [3.05, 3.63) is 58.7 Å². The number of nitrogens with zero attached hydrogens (tertiary/aromatic N) is 1. The highest BCUT2D eigenvalue weighted by Crippen LogP contribution is 2.42. The Kier molecular flexibility index (Phi) is 6.53. The molecule has 2 N–H and O–H groups in total. The van der Waals surface area contributed by atoms with Crippen LogP contribution in [0, 0.1) is 6.92 Å².